The van der Waals surface area contributed by atoms with Crippen LogP contribution in [0.15, 0.2) is 18.2 Å². The van der Waals surface area contributed by atoms with E-state index in [-0.39, 0.29) is 17.9 Å². The first-order valence-corrected chi connectivity index (χ1v) is 8.33. The summed E-state index contributed by atoms with van der Waals surface area (Å²) in [5, 5.41) is 5.86. The van der Waals surface area contributed by atoms with Gasteiger partial charge in [-0.25, -0.2) is 0 Å². The summed E-state index contributed by atoms with van der Waals surface area (Å²) in [7, 11) is 0. The highest BCUT2D eigenvalue weighted by Crippen LogP contribution is 2.29. The minimum atomic E-state index is -1.13. The van der Waals surface area contributed by atoms with Crippen LogP contribution in [0.1, 0.15) is 65.0 Å². The van der Waals surface area contributed by atoms with Crippen LogP contribution < -0.4 is 10.6 Å². The molecule has 0 bridgehead atoms. The van der Waals surface area contributed by atoms with Crippen LogP contribution in [0.4, 0.5) is 5.69 Å². The standard InChI is InChI=1S/C19H30N2O2/c1-8-14(5)20-17(22)19(6,7)18(23)21-16-13(4)10-9-11-15(16)12(2)3/h9-12,14H,8H2,1-7H3,(H,20,22)(H,21,23). The number of hydrogen-bond acceptors (Lipinski definition) is 2. The quantitative estimate of drug-likeness (QED) is 0.779. The Morgan fingerprint density at radius 3 is 2.26 bits per heavy atom. The topological polar surface area (TPSA) is 58.2 Å². The molecule has 1 rings (SSSR count). The number of carbonyl (C=O) groups is 2. The Morgan fingerprint density at radius 1 is 1.13 bits per heavy atom. The Balaban J connectivity index is 3.01. The van der Waals surface area contributed by atoms with Crippen molar-refractivity contribution in [2.45, 2.75) is 66.8 Å². The van der Waals surface area contributed by atoms with E-state index in [1.54, 1.807) is 13.8 Å². The van der Waals surface area contributed by atoms with E-state index in [0.29, 0.717) is 5.92 Å². The second-order valence-corrected chi connectivity index (χ2v) is 7.06. The fraction of sp³-hybridized carbons (Fsp3) is 0.579. The molecule has 0 saturated carbocycles. The van der Waals surface area contributed by atoms with Crippen LogP contribution >= 0.6 is 0 Å². The summed E-state index contributed by atoms with van der Waals surface area (Å²) in [6.45, 7) is 13.4. The molecule has 0 spiro atoms. The predicted octanol–water partition coefficient (Wildman–Crippen LogP) is 4.00. The second-order valence-electron chi connectivity index (χ2n) is 7.06. The molecule has 4 nitrogen and oxygen atoms in total. The number of amides is 2. The minimum Gasteiger partial charge on any atom is -0.353 e. The molecule has 0 aromatic heterocycles. The van der Waals surface area contributed by atoms with Crippen LogP contribution in [0.2, 0.25) is 0 Å². The molecule has 0 aliphatic heterocycles. The summed E-state index contributed by atoms with van der Waals surface area (Å²) >= 11 is 0. The summed E-state index contributed by atoms with van der Waals surface area (Å²) in [5.41, 5.74) is 1.77. The molecular weight excluding hydrogens is 288 g/mol. The molecule has 0 aliphatic rings. The van der Waals surface area contributed by atoms with Crippen molar-refractivity contribution in [1.29, 1.82) is 0 Å². The average Bonchev–Trinajstić information content (AvgIpc) is 2.48. The van der Waals surface area contributed by atoms with Crippen molar-refractivity contribution in [2.24, 2.45) is 5.41 Å². The molecule has 4 heteroatoms. The number of carbonyl (C=O) groups excluding carboxylic acids is 2. The Kier molecular flexibility index (Phi) is 6.37. The molecule has 1 aromatic carbocycles. The average molecular weight is 318 g/mol. The summed E-state index contributed by atoms with van der Waals surface area (Å²) in [5.74, 6) is -0.235. The SMILES string of the molecule is CCC(C)NC(=O)C(C)(C)C(=O)Nc1c(C)cccc1C(C)C. The van der Waals surface area contributed by atoms with E-state index >= 15 is 0 Å². The van der Waals surface area contributed by atoms with Crippen molar-refractivity contribution >= 4 is 17.5 Å². The minimum absolute atomic E-state index is 0.0549. The third kappa shape index (κ3) is 4.57. The number of para-hydroxylation sites is 1. The smallest absolute Gasteiger partial charge is 0.239 e. The lowest BCUT2D eigenvalue weighted by Crippen LogP contribution is -2.47. The molecule has 2 amide bonds. The molecule has 128 valence electrons. The van der Waals surface area contributed by atoms with Gasteiger partial charge in [0.2, 0.25) is 11.8 Å². The first-order valence-electron chi connectivity index (χ1n) is 8.33. The fourth-order valence-corrected chi connectivity index (χ4v) is 2.22. The lowest BCUT2D eigenvalue weighted by Gasteiger charge is -2.26. The van der Waals surface area contributed by atoms with E-state index in [4.69, 9.17) is 0 Å². The molecule has 0 saturated heterocycles. The fourth-order valence-electron chi connectivity index (χ4n) is 2.22. The van der Waals surface area contributed by atoms with Crippen LogP contribution in [0.25, 0.3) is 0 Å². The van der Waals surface area contributed by atoms with Crippen LogP contribution in [0, 0.1) is 12.3 Å². The summed E-state index contributed by atoms with van der Waals surface area (Å²) in [4.78, 5) is 25.1. The Labute approximate surface area is 140 Å². The number of rotatable bonds is 6. The largest absolute Gasteiger partial charge is 0.353 e. The third-order valence-electron chi connectivity index (χ3n) is 4.29. The highest BCUT2D eigenvalue weighted by molar-refractivity contribution is 6.10. The molecule has 0 radical (unpaired) electrons. The molecular formula is C19H30N2O2. The molecule has 0 aliphatic carbocycles. The van der Waals surface area contributed by atoms with Gasteiger partial charge in [-0.15, -0.1) is 0 Å². The van der Waals surface area contributed by atoms with E-state index < -0.39 is 5.41 Å². The van der Waals surface area contributed by atoms with Crippen LogP contribution in [0.5, 0.6) is 0 Å². The maximum Gasteiger partial charge on any atom is 0.239 e. The van der Waals surface area contributed by atoms with Crippen LogP contribution in [-0.4, -0.2) is 17.9 Å². The zero-order chi connectivity index (χ0) is 17.8. The van der Waals surface area contributed by atoms with Gasteiger partial charge >= 0.3 is 0 Å². The van der Waals surface area contributed by atoms with Gasteiger partial charge in [-0.1, -0.05) is 39.0 Å². The highest BCUT2D eigenvalue weighted by Gasteiger charge is 2.37. The van der Waals surface area contributed by atoms with Gasteiger partial charge in [-0.2, -0.15) is 0 Å². The first kappa shape index (κ1) is 19.2. The van der Waals surface area contributed by atoms with Gasteiger partial charge in [-0.3, -0.25) is 9.59 Å². The number of benzene rings is 1. The lowest BCUT2D eigenvalue weighted by atomic mass is 9.89. The second kappa shape index (κ2) is 7.62. The third-order valence-corrected chi connectivity index (χ3v) is 4.29. The van der Waals surface area contributed by atoms with Crippen molar-refractivity contribution < 1.29 is 9.59 Å². The van der Waals surface area contributed by atoms with Crippen molar-refractivity contribution in [3.05, 3.63) is 29.3 Å². The van der Waals surface area contributed by atoms with Crippen LogP contribution in [-0.2, 0) is 9.59 Å². The Hall–Kier alpha value is -1.84. The monoisotopic (exact) mass is 318 g/mol. The van der Waals surface area contributed by atoms with Gasteiger partial charge in [0, 0.05) is 11.7 Å². The maximum atomic E-state index is 12.7. The number of aryl methyl sites for hydroxylation is 1. The molecule has 0 heterocycles. The van der Waals surface area contributed by atoms with Gasteiger partial charge in [0.25, 0.3) is 0 Å². The zero-order valence-corrected chi connectivity index (χ0v) is 15.4. The molecule has 1 unspecified atom stereocenters. The molecule has 2 N–H and O–H groups in total. The normalized spacial score (nSPS) is 12.9. The molecule has 1 atom stereocenters. The van der Waals surface area contributed by atoms with E-state index in [1.807, 2.05) is 39.0 Å². The Morgan fingerprint density at radius 2 is 1.74 bits per heavy atom. The Bertz CT molecular complexity index is 577. The number of hydrogen-bond donors (Lipinski definition) is 2. The van der Waals surface area contributed by atoms with Crippen molar-refractivity contribution in [3.8, 4) is 0 Å². The number of anilines is 1. The van der Waals surface area contributed by atoms with E-state index in [9.17, 15) is 9.59 Å². The molecule has 0 fully saturated rings. The first-order chi connectivity index (χ1) is 10.6. The van der Waals surface area contributed by atoms with Gasteiger partial charge in [0.05, 0.1) is 0 Å². The van der Waals surface area contributed by atoms with Crippen molar-refractivity contribution in [3.63, 3.8) is 0 Å². The van der Waals surface area contributed by atoms with Gasteiger partial charge in [0.1, 0.15) is 5.41 Å². The van der Waals surface area contributed by atoms with E-state index in [2.05, 4.69) is 24.5 Å². The zero-order valence-electron chi connectivity index (χ0n) is 15.4. The summed E-state index contributed by atoms with van der Waals surface area (Å²) in [6.07, 6.45) is 0.832. The summed E-state index contributed by atoms with van der Waals surface area (Å²) < 4.78 is 0. The van der Waals surface area contributed by atoms with Crippen LogP contribution in [0.3, 0.4) is 0 Å². The van der Waals surface area contributed by atoms with Gasteiger partial charge in [0.15, 0.2) is 0 Å². The van der Waals surface area contributed by atoms with Crippen molar-refractivity contribution in [1.82, 2.24) is 5.32 Å². The van der Waals surface area contributed by atoms with Gasteiger partial charge in [-0.05, 0) is 51.2 Å². The van der Waals surface area contributed by atoms with Gasteiger partial charge < -0.3 is 10.6 Å². The van der Waals surface area contributed by atoms with Crippen molar-refractivity contribution in [2.75, 3.05) is 5.32 Å². The summed E-state index contributed by atoms with van der Waals surface area (Å²) in [6, 6.07) is 6.02. The lowest BCUT2D eigenvalue weighted by molar-refractivity contribution is -0.138. The maximum absolute atomic E-state index is 12.7. The van der Waals surface area contributed by atoms with E-state index in [1.165, 1.54) is 0 Å². The predicted molar refractivity (Wildman–Crippen MR) is 95.6 cm³/mol. The molecule has 23 heavy (non-hydrogen) atoms. The highest BCUT2D eigenvalue weighted by atomic mass is 16.2. The van der Waals surface area contributed by atoms with E-state index in [0.717, 1.165) is 23.2 Å². The number of nitrogens with one attached hydrogen (secondary N) is 2. The molecule has 1 aromatic rings.